The summed E-state index contributed by atoms with van der Waals surface area (Å²) in [4.78, 5) is 12.0. The minimum atomic E-state index is -3.78. The zero-order valence-electron chi connectivity index (χ0n) is 13.2. The molecular formula is C16H15ClFN3O3S. The van der Waals surface area contributed by atoms with Gasteiger partial charge in [-0.1, -0.05) is 35.9 Å². The quantitative estimate of drug-likeness (QED) is 0.614. The molecule has 9 heteroatoms. The molecule has 2 aromatic rings. The molecule has 0 saturated heterocycles. The Balaban J connectivity index is 2.09. The molecule has 2 aromatic carbocycles. The third kappa shape index (κ3) is 5.54. The van der Waals surface area contributed by atoms with E-state index in [1.54, 1.807) is 24.3 Å². The van der Waals surface area contributed by atoms with Crippen LogP contribution in [0.4, 0.5) is 10.1 Å². The number of anilines is 1. The number of benzene rings is 2. The van der Waals surface area contributed by atoms with Gasteiger partial charge in [0.15, 0.2) is 0 Å². The van der Waals surface area contributed by atoms with E-state index in [0.29, 0.717) is 10.6 Å². The van der Waals surface area contributed by atoms with Gasteiger partial charge in [-0.25, -0.2) is 18.2 Å². The van der Waals surface area contributed by atoms with Crippen molar-refractivity contribution in [1.82, 2.24) is 5.43 Å². The zero-order chi connectivity index (χ0) is 18.4. The van der Waals surface area contributed by atoms with Crippen molar-refractivity contribution in [1.29, 1.82) is 0 Å². The highest BCUT2D eigenvalue weighted by Crippen LogP contribution is 2.18. The molecule has 2 rings (SSSR count). The predicted molar refractivity (Wildman–Crippen MR) is 95.8 cm³/mol. The summed E-state index contributed by atoms with van der Waals surface area (Å²) in [5.41, 5.74) is 2.86. The van der Waals surface area contributed by atoms with Gasteiger partial charge in [0, 0.05) is 10.6 Å². The van der Waals surface area contributed by atoms with Gasteiger partial charge in [0.25, 0.3) is 5.91 Å². The summed E-state index contributed by atoms with van der Waals surface area (Å²) in [5, 5.41) is 4.20. The van der Waals surface area contributed by atoms with Crippen molar-refractivity contribution < 1.29 is 17.6 Å². The maximum Gasteiger partial charge on any atom is 0.260 e. The van der Waals surface area contributed by atoms with Crippen molar-refractivity contribution in [2.75, 3.05) is 17.1 Å². The molecule has 0 aliphatic rings. The number of nitrogens with zero attached hydrogens (tertiary/aromatic N) is 2. The Morgan fingerprint density at radius 3 is 2.64 bits per heavy atom. The molecular weight excluding hydrogens is 369 g/mol. The monoisotopic (exact) mass is 383 g/mol. The van der Waals surface area contributed by atoms with Gasteiger partial charge in [-0.3, -0.25) is 9.10 Å². The largest absolute Gasteiger partial charge is 0.271 e. The fraction of sp³-hybridized carbons (Fsp3) is 0.125. The molecule has 0 radical (unpaired) electrons. The molecule has 132 valence electrons. The van der Waals surface area contributed by atoms with Crippen LogP contribution in [0.1, 0.15) is 5.56 Å². The van der Waals surface area contributed by atoms with E-state index in [4.69, 9.17) is 11.6 Å². The Morgan fingerprint density at radius 1 is 1.28 bits per heavy atom. The molecule has 0 aromatic heterocycles. The van der Waals surface area contributed by atoms with Crippen LogP contribution in [0.5, 0.6) is 0 Å². The summed E-state index contributed by atoms with van der Waals surface area (Å²) in [6, 6.07) is 11.8. The molecule has 1 N–H and O–H groups in total. The minimum absolute atomic E-state index is 0.0488. The van der Waals surface area contributed by atoms with Gasteiger partial charge in [0.1, 0.15) is 12.4 Å². The predicted octanol–water partition coefficient (Wildman–Crippen LogP) is 2.40. The first-order valence-electron chi connectivity index (χ1n) is 7.07. The number of nitrogens with one attached hydrogen (secondary N) is 1. The van der Waals surface area contributed by atoms with Crippen molar-refractivity contribution in [2.24, 2.45) is 5.10 Å². The number of carbonyl (C=O) groups excluding carboxylic acids is 1. The highest BCUT2D eigenvalue weighted by Gasteiger charge is 2.21. The van der Waals surface area contributed by atoms with Crippen LogP contribution >= 0.6 is 11.6 Å². The summed E-state index contributed by atoms with van der Waals surface area (Å²) in [6.07, 6.45) is 2.27. The molecule has 25 heavy (non-hydrogen) atoms. The second kappa shape index (κ2) is 8.09. The molecule has 0 spiro atoms. The third-order valence-electron chi connectivity index (χ3n) is 3.08. The lowest BCUT2D eigenvalue weighted by Gasteiger charge is -2.21. The van der Waals surface area contributed by atoms with Crippen LogP contribution in [-0.4, -0.2) is 33.3 Å². The summed E-state index contributed by atoms with van der Waals surface area (Å²) >= 11 is 5.95. The van der Waals surface area contributed by atoms with Gasteiger partial charge in [-0.05, 0) is 24.3 Å². The van der Waals surface area contributed by atoms with Crippen LogP contribution in [-0.2, 0) is 14.8 Å². The second-order valence-corrected chi connectivity index (χ2v) is 7.38. The van der Waals surface area contributed by atoms with Crippen molar-refractivity contribution in [3.63, 3.8) is 0 Å². The lowest BCUT2D eigenvalue weighted by Crippen LogP contribution is -2.39. The molecule has 0 unspecified atom stereocenters. The maximum atomic E-state index is 13.3. The first kappa shape index (κ1) is 18.9. The van der Waals surface area contributed by atoms with Crippen LogP contribution in [0.25, 0.3) is 0 Å². The summed E-state index contributed by atoms with van der Waals surface area (Å²) in [7, 11) is -3.78. The Morgan fingerprint density at radius 2 is 2.00 bits per heavy atom. The van der Waals surface area contributed by atoms with Crippen LogP contribution < -0.4 is 9.73 Å². The van der Waals surface area contributed by atoms with Crippen molar-refractivity contribution in [3.05, 3.63) is 64.9 Å². The van der Waals surface area contributed by atoms with Crippen molar-refractivity contribution in [3.8, 4) is 0 Å². The van der Waals surface area contributed by atoms with E-state index < -0.39 is 28.3 Å². The van der Waals surface area contributed by atoms with Gasteiger partial charge in [0.2, 0.25) is 10.0 Å². The third-order valence-corrected chi connectivity index (χ3v) is 4.57. The van der Waals surface area contributed by atoms with Gasteiger partial charge in [-0.2, -0.15) is 5.10 Å². The van der Waals surface area contributed by atoms with Crippen molar-refractivity contribution >= 4 is 39.4 Å². The van der Waals surface area contributed by atoms with E-state index in [1.807, 2.05) is 0 Å². The average Bonchev–Trinajstić information content (AvgIpc) is 2.53. The molecule has 0 fully saturated rings. The lowest BCUT2D eigenvalue weighted by atomic mass is 10.2. The van der Waals surface area contributed by atoms with Crippen LogP contribution in [0.3, 0.4) is 0 Å². The number of rotatable bonds is 6. The van der Waals surface area contributed by atoms with Crippen LogP contribution in [0.2, 0.25) is 5.02 Å². The number of hydrogen-bond acceptors (Lipinski definition) is 4. The average molecular weight is 384 g/mol. The summed E-state index contributed by atoms with van der Waals surface area (Å²) in [6.45, 7) is -0.540. The van der Waals surface area contributed by atoms with Gasteiger partial charge in [0.05, 0.1) is 18.2 Å². The first-order chi connectivity index (χ1) is 11.8. The van der Waals surface area contributed by atoms with Gasteiger partial charge >= 0.3 is 0 Å². The van der Waals surface area contributed by atoms with E-state index in [1.165, 1.54) is 24.4 Å². The van der Waals surface area contributed by atoms with E-state index in [2.05, 4.69) is 10.5 Å². The first-order valence-corrected chi connectivity index (χ1v) is 9.30. The Bertz CT molecular complexity index is 903. The maximum absolute atomic E-state index is 13.3. The molecule has 0 bridgehead atoms. The van der Waals surface area contributed by atoms with E-state index in [9.17, 15) is 17.6 Å². The Kier molecular flexibility index (Phi) is 6.11. The fourth-order valence-corrected chi connectivity index (χ4v) is 2.98. The molecule has 6 nitrogen and oxygen atoms in total. The van der Waals surface area contributed by atoms with Gasteiger partial charge in [-0.15, -0.1) is 0 Å². The van der Waals surface area contributed by atoms with Crippen LogP contribution in [0.15, 0.2) is 53.6 Å². The van der Waals surface area contributed by atoms with E-state index in [-0.39, 0.29) is 5.69 Å². The molecule has 0 aliphatic carbocycles. The SMILES string of the molecule is CS(=O)(=O)N(CC(=O)N/N=C\c1ccccc1Cl)c1cccc(F)c1. The number of hydrogen-bond donors (Lipinski definition) is 1. The number of halogens is 2. The Hall–Kier alpha value is -2.45. The van der Waals surface area contributed by atoms with Crippen molar-refractivity contribution in [2.45, 2.75) is 0 Å². The van der Waals surface area contributed by atoms with E-state index >= 15 is 0 Å². The minimum Gasteiger partial charge on any atom is -0.271 e. The van der Waals surface area contributed by atoms with Gasteiger partial charge < -0.3 is 0 Å². The second-order valence-electron chi connectivity index (χ2n) is 5.06. The highest BCUT2D eigenvalue weighted by atomic mass is 35.5. The molecule has 0 aliphatic heterocycles. The molecule has 0 atom stereocenters. The fourth-order valence-electron chi connectivity index (χ4n) is 1.95. The molecule has 0 saturated carbocycles. The van der Waals surface area contributed by atoms with Crippen LogP contribution in [0, 0.1) is 5.82 Å². The summed E-state index contributed by atoms with van der Waals surface area (Å²) in [5.74, 6) is -1.29. The lowest BCUT2D eigenvalue weighted by molar-refractivity contribution is -0.119. The topological polar surface area (TPSA) is 78.8 Å². The summed E-state index contributed by atoms with van der Waals surface area (Å²) < 4.78 is 37.9. The smallest absolute Gasteiger partial charge is 0.260 e. The molecule has 1 amide bonds. The Labute approximate surface area is 150 Å². The number of hydrazone groups is 1. The standard InChI is InChI=1S/C16H15ClFN3O3S/c1-25(23,24)21(14-7-4-6-13(18)9-14)11-16(22)20-19-10-12-5-2-3-8-15(12)17/h2-10H,11H2,1H3,(H,20,22)/b19-10-. The van der Waals surface area contributed by atoms with E-state index in [0.717, 1.165) is 16.6 Å². The normalized spacial score (nSPS) is 11.5. The number of amides is 1. The highest BCUT2D eigenvalue weighted by molar-refractivity contribution is 7.92. The molecule has 0 heterocycles. The number of carbonyl (C=O) groups is 1. The number of sulfonamides is 1. The zero-order valence-corrected chi connectivity index (χ0v) is 14.8.